The molecule has 2 nitrogen and oxygen atoms in total. The average Bonchev–Trinajstić information content (AvgIpc) is 1.96. The second-order valence-electron chi connectivity index (χ2n) is 2.96. The number of nitrogens with one attached hydrogen (secondary N) is 1. The predicted molar refractivity (Wildman–Crippen MR) is 50.4 cm³/mol. The maximum Gasteiger partial charge on any atom is 0.0535 e. The molecule has 3 N–H and O–H groups in total. The number of hydrazine groups is 1. The summed E-state index contributed by atoms with van der Waals surface area (Å²) in [6.07, 6.45) is 8.28. The van der Waals surface area contributed by atoms with Crippen molar-refractivity contribution in [2.75, 3.05) is 0 Å². The Labute approximate surface area is 73.9 Å². The molecule has 1 rings (SSSR count). The molecule has 1 aliphatic carbocycles. The van der Waals surface area contributed by atoms with E-state index in [9.17, 15) is 0 Å². The normalized spacial score (nSPS) is 35.0. The largest absolute Gasteiger partial charge is 0.271 e. The fourth-order valence-electron chi connectivity index (χ4n) is 1.02. The summed E-state index contributed by atoms with van der Waals surface area (Å²) >= 11 is 0. The summed E-state index contributed by atoms with van der Waals surface area (Å²) in [6.45, 7) is 4.22. The molecule has 1 aliphatic rings. The third kappa shape index (κ3) is 2.06. The van der Waals surface area contributed by atoms with E-state index < -0.39 is 0 Å². The van der Waals surface area contributed by atoms with Crippen molar-refractivity contribution in [1.82, 2.24) is 5.43 Å². The van der Waals surface area contributed by atoms with Crippen LogP contribution in [0, 0.1) is 5.92 Å². The Morgan fingerprint density at radius 3 is 2.45 bits per heavy atom. The van der Waals surface area contributed by atoms with Gasteiger partial charge in [-0.15, -0.1) is 12.4 Å². The van der Waals surface area contributed by atoms with Gasteiger partial charge in [-0.05, 0) is 12.8 Å². The van der Waals surface area contributed by atoms with Gasteiger partial charge in [-0.25, -0.2) is 0 Å². The number of nitrogens with two attached hydrogens (primary N) is 1. The molecule has 0 fully saturated rings. The van der Waals surface area contributed by atoms with Gasteiger partial charge < -0.3 is 0 Å². The summed E-state index contributed by atoms with van der Waals surface area (Å²) in [6, 6.07) is 0. The van der Waals surface area contributed by atoms with Crippen molar-refractivity contribution >= 4 is 12.4 Å². The molecular formula is C8H15ClN2. The van der Waals surface area contributed by atoms with Crippen molar-refractivity contribution in [3.63, 3.8) is 0 Å². The third-order valence-electron chi connectivity index (χ3n) is 2.21. The summed E-state index contributed by atoms with van der Waals surface area (Å²) in [7, 11) is 0. The fourth-order valence-corrected chi connectivity index (χ4v) is 1.02. The van der Waals surface area contributed by atoms with Crippen LogP contribution in [0.1, 0.15) is 13.8 Å². The minimum absolute atomic E-state index is 0. The van der Waals surface area contributed by atoms with E-state index in [4.69, 9.17) is 5.84 Å². The maximum absolute atomic E-state index is 5.39. The van der Waals surface area contributed by atoms with Gasteiger partial charge in [0.2, 0.25) is 0 Å². The van der Waals surface area contributed by atoms with E-state index in [-0.39, 0.29) is 17.9 Å². The molecule has 11 heavy (non-hydrogen) atoms. The maximum atomic E-state index is 5.39. The zero-order valence-corrected chi connectivity index (χ0v) is 7.69. The molecule has 0 aromatic carbocycles. The van der Waals surface area contributed by atoms with Crippen LogP contribution in [0.5, 0.6) is 0 Å². The van der Waals surface area contributed by atoms with Crippen LogP contribution in [0.15, 0.2) is 24.3 Å². The predicted octanol–water partition coefficient (Wildman–Crippen LogP) is 1.39. The molecule has 2 atom stereocenters. The Hall–Kier alpha value is -0.310. The highest BCUT2D eigenvalue weighted by molar-refractivity contribution is 5.85. The Morgan fingerprint density at radius 1 is 1.45 bits per heavy atom. The lowest BCUT2D eigenvalue weighted by Crippen LogP contribution is -2.50. The molecule has 0 amide bonds. The summed E-state index contributed by atoms with van der Waals surface area (Å²) in [5.74, 6) is 5.85. The molecule has 0 bridgehead atoms. The topological polar surface area (TPSA) is 38.0 Å². The SMILES string of the molecule is CC1C=CC=CC1(C)NN.Cl. The van der Waals surface area contributed by atoms with Crippen LogP contribution in [0.25, 0.3) is 0 Å². The Morgan fingerprint density at radius 2 is 2.09 bits per heavy atom. The molecule has 0 aliphatic heterocycles. The Bertz CT molecular complexity index is 177. The van der Waals surface area contributed by atoms with E-state index in [1.54, 1.807) is 0 Å². The van der Waals surface area contributed by atoms with Crippen LogP contribution in [0.4, 0.5) is 0 Å². The first-order valence-electron chi connectivity index (χ1n) is 3.53. The van der Waals surface area contributed by atoms with Gasteiger partial charge in [0.1, 0.15) is 0 Å². The van der Waals surface area contributed by atoms with Gasteiger partial charge in [0.15, 0.2) is 0 Å². The minimum atomic E-state index is -0.0608. The van der Waals surface area contributed by atoms with Crippen LogP contribution in [0.3, 0.4) is 0 Å². The quantitative estimate of drug-likeness (QED) is 0.466. The first-order valence-corrected chi connectivity index (χ1v) is 3.53. The summed E-state index contributed by atoms with van der Waals surface area (Å²) < 4.78 is 0. The van der Waals surface area contributed by atoms with Crippen molar-refractivity contribution in [3.05, 3.63) is 24.3 Å². The summed E-state index contributed by atoms with van der Waals surface area (Å²) in [4.78, 5) is 0. The minimum Gasteiger partial charge on any atom is -0.271 e. The highest BCUT2D eigenvalue weighted by atomic mass is 35.5. The molecule has 0 saturated heterocycles. The molecule has 64 valence electrons. The van der Waals surface area contributed by atoms with Gasteiger partial charge in [0.05, 0.1) is 5.54 Å². The van der Waals surface area contributed by atoms with E-state index >= 15 is 0 Å². The van der Waals surface area contributed by atoms with Gasteiger partial charge in [0.25, 0.3) is 0 Å². The number of allylic oxidation sites excluding steroid dienone is 2. The number of hydrogen-bond acceptors (Lipinski definition) is 2. The van der Waals surface area contributed by atoms with Gasteiger partial charge >= 0.3 is 0 Å². The van der Waals surface area contributed by atoms with E-state index in [2.05, 4.69) is 31.4 Å². The number of hydrogen-bond donors (Lipinski definition) is 2. The lowest BCUT2D eigenvalue weighted by atomic mass is 9.84. The highest BCUT2D eigenvalue weighted by Gasteiger charge is 2.25. The van der Waals surface area contributed by atoms with Crippen LogP contribution in [-0.2, 0) is 0 Å². The monoisotopic (exact) mass is 174 g/mol. The Kier molecular flexibility index (Phi) is 3.79. The van der Waals surface area contributed by atoms with E-state index in [0.29, 0.717) is 5.92 Å². The van der Waals surface area contributed by atoms with Crippen LogP contribution in [0.2, 0.25) is 0 Å². The van der Waals surface area contributed by atoms with Crippen molar-refractivity contribution in [2.45, 2.75) is 19.4 Å². The second kappa shape index (κ2) is 3.90. The zero-order chi connectivity index (χ0) is 7.61. The lowest BCUT2D eigenvalue weighted by molar-refractivity contribution is 0.359. The molecule has 0 radical (unpaired) electrons. The second-order valence-corrected chi connectivity index (χ2v) is 2.96. The van der Waals surface area contributed by atoms with Gasteiger partial charge in [-0.2, -0.15) is 0 Å². The number of halogens is 1. The fraction of sp³-hybridized carbons (Fsp3) is 0.500. The average molecular weight is 175 g/mol. The van der Waals surface area contributed by atoms with E-state index in [1.165, 1.54) is 0 Å². The van der Waals surface area contributed by atoms with Crippen LogP contribution >= 0.6 is 12.4 Å². The molecule has 0 aromatic heterocycles. The molecule has 0 spiro atoms. The first-order chi connectivity index (χ1) is 4.69. The first kappa shape index (κ1) is 10.7. The molecule has 0 heterocycles. The summed E-state index contributed by atoms with van der Waals surface area (Å²) in [5.41, 5.74) is 2.73. The smallest absolute Gasteiger partial charge is 0.0535 e. The van der Waals surface area contributed by atoms with E-state index in [1.807, 2.05) is 12.2 Å². The van der Waals surface area contributed by atoms with Crippen molar-refractivity contribution < 1.29 is 0 Å². The van der Waals surface area contributed by atoms with Crippen molar-refractivity contribution in [3.8, 4) is 0 Å². The van der Waals surface area contributed by atoms with Crippen LogP contribution in [-0.4, -0.2) is 5.54 Å². The molecule has 3 heteroatoms. The van der Waals surface area contributed by atoms with Gasteiger partial charge in [-0.1, -0.05) is 31.2 Å². The van der Waals surface area contributed by atoms with Gasteiger partial charge in [0, 0.05) is 0 Å². The molecule has 2 unspecified atom stereocenters. The third-order valence-corrected chi connectivity index (χ3v) is 2.21. The van der Waals surface area contributed by atoms with Crippen molar-refractivity contribution in [1.29, 1.82) is 0 Å². The standard InChI is InChI=1S/C8H14N2.ClH/c1-7-5-3-4-6-8(7,2)10-9;/h3-7,10H,9H2,1-2H3;1H. The van der Waals surface area contributed by atoms with E-state index in [0.717, 1.165) is 0 Å². The van der Waals surface area contributed by atoms with Gasteiger partial charge in [-0.3, -0.25) is 11.3 Å². The molecule has 0 saturated carbocycles. The summed E-state index contributed by atoms with van der Waals surface area (Å²) in [5, 5.41) is 0. The lowest BCUT2D eigenvalue weighted by Gasteiger charge is -2.31. The van der Waals surface area contributed by atoms with Crippen molar-refractivity contribution in [2.24, 2.45) is 11.8 Å². The number of rotatable bonds is 1. The zero-order valence-electron chi connectivity index (χ0n) is 6.87. The molecular weight excluding hydrogens is 160 g/mol. The Balaban J connectivity index is 0.000001000. The molecule has 0 aromatic rings. The highest BCUT2D eigenvalue weighted by Crippen LogP contribution is 2.21. The van der Waals surface area contributed by atoms with Crippen LogP contribution < -0.4 is 11.3 Å².